The molecule has 1 aromatic heterocycles. The summed E-state index contributed by atoms with van der Waals surface area (Å²) >= 11 is 7.82. The molecule has 1 atom stereocenters. The lowest BCUT2D eigenvalue weighted by atomic mass is 10.1. The fourth-order valence-corrected chi connectivity index (χ4v) is 4.41. The van der Waals surface area contributed by atoms with E-state index < -0.39 is 6.10 Å². The third-order valence-electron chi connectivity index (χ3n) is 4.70. The van der Waals surface area contributed by atoms with Crippen LogP contribution in [0.15, 0.2) is 53.7 Å². The van der Waals surface area contributed by atoms with Gasteiger partial charge in [-0.1, -0.05) is 47.6 Å². The van der Waals surface area contributed by atoms with Gasteiger partial charge in [-0.15, -0.1) is 10.2 Å². The van der Waals surface area contributed by atoms with Crippen LogP contribution >= 0.6 is 23.4 Å². The molecule has 146 valence electrons. The molecule has 2 aromatic carbocycles. The maximum atomic E-state index is 13.4. The van der Waals surface area contributed by atoms with Crippen molar-refractivity contribution in [3.8, 4) is 5.69 Å². The van der Waals surface area contributed by atoms with Crippen LogP contribution in [0.4, 0.5) is 10.3 Å². The maximum Gasteiger partial charge on any atom is 0.232 e. The molecule has 8 heteroatoms. The van der Waals surface area contributed by atoms with Gasteiger partial charge in [-0.25, -0.2) is 4.39 Å². The molecule has 0 spiro atoms. The van der Waals surface area contributed by atoms with E-state index >= 15 is 0 Å². The molecule has 5 nitrogen and oxygen atoms in total. The number of aromatic nitrogens is 3. The summed E-state index contributed by atoms with van der Waals surface area (Å²) in [6, 6.07) is 13.6. The first-order valence-electron chi connectivity index (χ1n) is 9.15. The summed E-state index contributed by atoms with van der Waals surface area (Å²) in [6.07, 6.45) is 1.43. The number of anilines is 1. The molecule has 0 aliphatic carbocycles. The second-order valence-electron chi connectivity index (χ2n) is 6.65. The van der Waals surface area contributed by atoms with Gasteiger partial charge in [-0.05, 0) is 42.7 Å². The summed E-state index contributed by atoms with van der Waals surface area (Å²) < 4.78 is 15.4. The number of para-hydroxylation sites is 1. The predicted octanol–water partition coefficient (Wildman–Crippen LogP) is 4.49. The zero-order chi connectivity index (χ0) is 19.5. The Hall–Kier alpha value is -2.09. The van der Waals surface area contributed by atoms with Crippen LogP contribution in [-0.2, 0) is 0 Å². The molecule has 1 unspecified atom stereocenters. The predicted molar refractivity (Wildman–Crippen MR) is 110 cm³/mol. The Kier molecular flexibility index (Phi) is 5.85. The van der Waals surface area contributed by atoms with Crippen molar-refractivity contribution in [3.63, 3.8) is 0 Å². The highest BCUT2D eigenvalue weighted by molar-refractivity contribution is 7.99. The molecule has 1 saturated heterocycles. The van der Waals surface area contributed by atoms with E-state index in [0.29, 0.717) is 21.5 Å². The average Bonchev–Trinajstić information content (AvgIpc) is 3.36. The van der Waals surface area contributed by atoms with Gasteiger partial charge in [0.1, 0.15) is 5.82 Å². The van der Waals surface area contributed by atoms with Gasteiger partial charge in [-0.2, -0.15) is 0 Å². The van der Waals surface area contributed by atoms with Gasteiger partial charge in [0, 0.05) is 18.8 Å². The zero-order valence-electron chi connectivity index (χ0n) is 15.1. The molecule has 1 aliphatic rings. The Labute approximate surface area is 172 Å². The van der Waals surface area contributed by atoms with Crippen LogP contribution in [0, 0.1) is 5.82 Å². The molecule has 0 amide bonds. The molecule has 0 radical (unpaired) electrons. The molecule has 4 rings (SSSR count). The smallest absolute Gasteiger partial charge is 0.232 e. The first-order valence-corrected chi connectivity index (χ1v) is 10.5. The van der Waals surface area contributed by atoms with Crippen molar-refractivity contribution in [2.24, 2.45) is 0 Å². The fourth-order valence-electron chi connectivity index (χ4n) is 3.29. The van der Waals surface area contributed by atoms with Crippen LogP contribution in [-0.4, -0.2) is 38.7 Å². The average molecular weight is 419 g/mol. The number of hydrogen-bond acceptors (Lipinski definition) is 5. The molecule has 3 aromatic rings. The van der Waals surface area contributed by atoms with Crippen molar-refractivity contribution in [2.75, 3.05) is 23.7 Å². The minimum absolute atomic E-state index is 0.325. The lowest BCUT2D eigenvalue weighted by Crippen LogP contribution is -2.22. The monoisotopic (exact) mass is 418 g/mol. The van der Waals surface area contributed by atoms with Crippen LogP contribution in [0.3, 0.4) is 0 Å². The number of halogens is 2. The molecular formula is C20H20ClFN4OS. The quantitative estimate of drug-likeness (QED) is 0.598. The van der Waals surface area contributed by atoms with Gasteiger partial charge < -0.3 is 10.0 Å². The third kappa shape index (κ3) is 4.01. The van der Waals surface area contributed by atoms with Gasteiger partial charge in [0.15, 0.2) is 5.16 Å². The van der Waals surface area contributed by atoms with Crippen LogP contribution < -0.4 is 4.90 Å². The number of benzene rings is 2. The van der Waals surface area contributed by atoms with Crippen molar-refractivity contribution in [2.45, 2.75) is 24.1 Å². The highest BCUT2D eigenvalue weighted by atomic mass is 35.5. The molecule has 0 bridgehead atoms. The van der Waals surface area contributed by atoms with Crippen molar-refractivity contribution >= 4 is 29.3 Å². The summed E-state index contributed by atoms with van der Waals surface area (Å²) in [4.78, 5) is 2.20. The van der Waals surface area contributed by atoms with Crippen molar-refractivity contribution in [1.82, 2.24) is 14.8 Å². The molecule has 1 aliphatic heterocycles. The van der Waals surface area contributed by atoms with E-state index in [1.165, 1.54) is 23.9 Å². The SMILES string of the molecule is OC(CSc1nnc(N2CCCC2)n1-c1ccccc1Cl)c1cccc(F)c1. The lowest BCUT2D eigenvalue weighted by Gasteiger charge is -2.19. The van der Waals surface area contributed by atoms with Gasteiger partial charge in [-0.3, -0.25) is 4.57 Å². The third-order valence-corrected chi connectivity index (χ3v) is 6.03. The number of aliphatic hydroxyl groups excluding tert-OH is 1. The number of aliphatic hydroxyl groups is 1. The van der Waals surface area contributed by atoms with E-state index in [4.69, 9.17) is 11.6 Å². The van der Waals surface area contributed by atoms with Crippen LogP contribution in [0.5, 0.6) is 0 Å². The number of rotatable bonds is 6. The van der Waals surface area contributed by atoms with E-state index in [1.807, 2.05) is 28.8 Å². The number of nitrogens with zero attached hydrogens (tertiary/aromatic N) is 4. The topological polar surface area (TPSA) is 54.2 Å². The first kappa shape index (κ1) is 19.2. The highest BCUT2D eigenvalue weighted by Gasteiger charge is 2.24. The summed E-state index contributed by atoms with van der Waals surface area (Å²) in [5, 5.41) is 20.5. The largest absolute Gasteiger partial charge is 0.388 e. The van der Waals surface area contributed by atoms with E-state index in [0.717, 1.165) is 37.6 Å². The Bertz CT molecular complexity index is 961. The highest BCUT2D eigenvalue weighted by Crippen LogP contribution is 2.33. The summed E-state index contributed by atoms with van der Waals surface area (Å²) in [6.45, 7) is 1.86. The molecule has 28 heavy (non-hydrogen) atoms. The normalized spacial score (nSPS) is 15.2. The number of hydrogen-bond donors (Lipinski definition) is 1. The summed E-state index contributed by atoms with van der Waals surface area (Å²) in [5.74, 6) is 0.719. The number of thioether (sulfide) groups is 1. The van der Waals surface area contributed by atoms with Crippen molar-refractivity contribution in [3.05, 3.63) is 64.9 Å². The molecule has 1 fully saturated rings. The van der Waals surface area contributed by atoms with Crippen LogP contribution in [0.25, 0.3) is 5.69 Å². The Morgan fingerprint density at radius 3 is 2.64 bits per heavy atom. The van der Waals surface area contributed by atoms with Crippen LogP contribution in [0.2, 0.25) is 5.02 Å². The Morgan fingerprint density at radius 2 is 1.89 bits per heavy atom. The minimum atomic E-state index is -0.813. The zero-order valence-corrected chi connectivity index (χ0v) is 16.7. The summed E-state index contributed by atoms with van der Waals surface area (Å²) in [5.41, 5.74) is 1.34. The van der Waals surface area contributed by atoms with Crippen molar-refractivity contribution in [1.29, 1.82) is 0 Å². The Balaban J connectivity index is 1.62. The van der Waals surface area contributed by atoms with Gasteiger partial charge in [0.2, 0.25) is 5.95 Å². The molecule has 0 saturated carbocycles. The van der Waals surface area contributed by atoms with Crippen LogP contribution in [0.1, 0.15) is 24.5 Å². The van der Waals surface area contributed by atoms with E-state index in [9.17, 15) is 9.50 Å². The van der Waals surface area contributed by atoms with Gasteiger partial charge >= 0.3 is 0 Å². The minimum Gasteiger partial charge on any atom is -0.388 e. The Morgan fingerprint density at radius 1 is 1.11 bits per heavy atom. The second kappa shape index (κ2) is 8.51. The molecular weight excluding hydrogens is 399 g/mol. The van der Waals surface area contributed by atoms with Gasteiger partial charge in [0.25, 0.3) is 0 Å². The standard InChI is InChI=1S/C20H20ClFN4OS/c21-16-8-1-2-9-17(16)26-19(25-10-3-4-11-25)23-24-20(26)28-13-18(27)14-6-5-7-15(22)12-14/h1-2,5-9,12,18,27H,3-4,10-11,13H2. The summed E-state index contributed by atoms with van der Waals surface area (Å²) in [7, 11) is 0. The van der Waals surface area contributed by atoms with E-state index in [-0.39, 0.29) is 5.82 Å². The first-order chi connectivity index (χ1) is 13.6. The van der Waals surface area contributed by atoms with Gasteiger partial charge in [0.05, 0.1) is 16.8 Å². The maximum absolute atomic E-state index is 13.4. The molecule has 1 N–H and O–H groups in total. The second-order valence-corrected chi connectivity index (χ2v) is 8.04. The van der Waals surface area contributed by atoms with Crippen molar-refractivity contribution < 1.29 is 9.50 Å². The fraction of sp³-hybridized carbons (Fsp3) is 0.300. The lowest BCUT2D eigenvalue weighted by molar-refractivity contribution is 0.203. The van der Waals surface area contributed by atoms with E-state index in [2.05, 4.69) is 15.1 Å². The molecule has 2 heterocycles. The van der Waals surface area contributed by atoms with E-state index in [1.54, 1.807) is 12.1 Å².